The zero-order valence-corrected chi connectivity index (χ0v) is 19.7. The molecule has 1 saturated heterocycles. The molecule has 1 aliphatic rings. The first kappa shape index (κ1) is 23.0. The second kappa shape index (κ2) is 10.7. The quantitative estimate of drug-likeness (QED) is 0.502. The van der Waals surface area contributed by atoms with Gasteiger partial charge in [-0.3, -0.25) is 4.79 Å². The highest BCUT2D eigenvalue weighted by Crippen LogP contribution is 2.28. The minimum absolute atomic E-state index is 0.0549. The van der Waals surface area contributed by atoms with Crippen molar-refractivity contribution in [3.05, 3.63) is 42.1 Å². The molecule has 2 aromatic heterocycles. The van der Waals surface area contributed by atoms with Gasteiger partial charge in [-0.25, -0.2) is 4.98 Å². The molecule has 33 heavy (non-hydrogen) atoms. The van der Waals surface area contributed by atoms with Gasteiger partial charge in [-0.2, -0.15) is 9.61 Å². The SMILES string of the molecule is CCOCCCNC(=O)C1CCN(c2cc(C)nc3cc(-c4ccc(OC)cc4)nn23)CC1. The van der Waals surface area contributed by atoms with Gasteiger partial charge in [-0.15, -0.1) is 0 Å². The number of amides is 1. The van der Waals surface area contributed by atoms with Gasteiger partial charge in [0.05, 0.1) is 12.8 Å². The van der Waals surface area contributed by atoms with E-state index in [0.29, 0.717) is 19.8 Å². The lowest BCUT2D eigenvalue weighted by molar-refractivity contribution is -0.125. The standard InChI is InChI=1S/C25H33N5O3/c1-4-33-15-5-12-26-25(31)20-10-13-29(14-11-20)24-16-18(2)27-23-17-22(28-30(23)24)19-6-8-21(32-3)9-7-19/h6-9,16-17,20H,4-5,10-15H2,1-3H3,(H,26,31). The highest BCUT2D eigenvalue weighted by molar-refractivity contribution is 5.79. The van der Waals surface area contributed by atoms with Crippen LogP contribution >= 0.6 is 0 Å². The molecule has 0 bridgehead atoms. The Balaban J connectivity index is 1.44. The lowest BCUT2D eigenvalue weighted by Crippen LogP contribution is -2.41. The van der Waals surface area contributed by atoms with E-state index in [1.54, 1.807) is 7.11 Å². The van der Waals surface area contributed by atoms with E-state index >= 15 is 0 Å². The molecule has 8 nitrogen and oxygen atoms in total. The van der Waals surface area contributed by atoms with Gasteiger partial charge in [0.15, 0.2) is 5.65 Å². The fourth-order valence-corrected chi connectivity index (χ4v) is 4.25. The molecule has 1 fully saturated rings. The van der Waals surface area contributed by atoms with E-state index in [2.05, 4.69) is 21.3 Å². The maximum atomic E-state index is 12.5. The molecule has 3 aromatic rings. The summed E-state index contributed by atoms with van der Waals surface area (Å²) in [5.41, 5.74) is 3.67. The zero-order valence-electron chi connectivity index (χ0n) is 19.7. The molecule has 0 aliphatic carbocycles. The van der Waals surface area contributed by atoms with Crippen molar-refractivity contribution in [1.82, 2.24) is 19.9 Å². The molecule has 0 spiro atoms. The third-order valence-electron chi connectivity index (χ3n) is 6.08. The highest BCUT2D eigenvalue weighted by atomic mass is 16.5. The summed E-state index contributed by atoms with van der Waals surface area (Å²) in [6.07, 6.45) is 2.50. The molecule has 176 valence electrons. The van der Waals surface area contributed by atoms with Crippen LogP contribution in [0.5, 0.6) is 5.75 Å². The number of carbonyl (C=O) groups excluding carboxylic acids is 1. The monoisotopic (exact) mass is 451 g/mol. The molecule has 8 heteroatoms. The van der Waals surface area contributed by atoms with Crippen LogP contribution in [0.1, 0.15) is 31.9 Å². The van der Waals surface area contributed by atoms with Crippen LogP contribution in [-0.2, 0) is 9.53 Å². The molecular weight excluding hydrogens is 418 g/mol. The van der Waals surface area contributed by atoms with Gasteiger partial charge < -0.3 is 19.7 Å². The Hall–Kier alpha value is -3.13. The first-order chi connectivity index (χ1) is 16.1. The number of methoxy groups -OCH3 is 1. The van der Waals surface area contributed by atoms with Crippen LogP contribution in [0, 0.1) is 12.8 Å². The molecule has 4 rings (SSSR count). The summed E-state index contributed by atoms with van der Waals surface area (Å²) in [4.78, 5) is 19.5. The Morgan fingerprint density at radius 1 is 1.18 bits per heavy atom. The normalized spacial score (nSPS) is 14.6. The smallest absolute Gasteiger partial charge is 0.223 e. The summed E-state index contributed by atoms with van der Waals surface area (Å²) in [6, 6.07) is 12.0. The predicted molar refractivity (Wildman–Crippen MR) is 129 cm³/mol. The number of hydrogen-bond acceptors (Lipinski definition) is 6. The largest absolute Gasteiger partial charge is 0.497 e. The average molecular weight is 452 g/mol. The minimum atomic E-state index is 0.0549. The summed E-state index contributed by atoms with van der Waals surface area (Å²) >= 11 is 0. The van der Waals surface area contributed by atoms with Gasteiger partial charge in [-0.05, 0) is 57.4 Å². The van der Waals surface area contributed by atoms with Crippen LogP contribution in [0.25, 0.3) is 16.9 Å². The summed E-state index contributed by atoms with van der Waals surface area (Å²) in [7, 11) is 1.66. The number of ether oxygens (including phenoxy) is 2. The number of benzene rings is 1. The second-order valence-electron chi connectivity index (χ2n) is 8.39. The van der Waals surface area contributed by atoms with E-state index in [0.717, 1.165) is 66.5 Å². The number of nitrogens with zero attached hydrogens (tertiary/aromatic N) is 4. The first-order valence-electron chi connectivity index (χ1n) is 11.7. The fourth-order valence-electron chi connectivity index (χ4n) is 4.25. The highest BCUT2D eigenvalue weighted by Gasteiger charge is 2.26. The fraction of sp³-hybridized carbons (Fsp3) is 0.480. The van der Waals surface area contributed by atoms with Gasteiger partial charge in [0.25, 0.3) is 0 Å². The van der Waals surface area contributed by atoms with E-state index < -0.39 is 0 Å². The van der Waals surface area contributed by atoms with E-state index in [1.807, 2.05) is 48.7 Å². The Bertz CT molecular complexity index is 1070. The Morgan fingerprint density at radius 3 is 2.64 bits per heavy atom. The number of hydrogen-bond donors (Lipinski definition) is 1. The molecule has 1 amide bonds. The molecular formula is C25H33N5O3. The Kier molecular flexibility index (Phi) is 7.44. The van der Waals surface area contributed by atoms with Crippen molar-refractivity contribution < 1.29 is 14.3 Å². The number of aromatic nitrogens is 3. The number of fused-ring (bicyclic) bond motifs is 1. The lowest BCUT2D eigenvalue weighted by atomic mass is 9.96. The third kappa shape index (κ3) is 5.45. The van der Waals surface area contributed by atoms with Crippen LogP contribution in [0.2, 0.25) is 0 Å². The molecule has 0 saturated carbocycles. The van der Waals surface area contributed by atoms with Gasteiger partial charge in [0.2, 0.25) is 5.91 Å². The van der Waals surface area contributed by atoms with Crippen molar-refractivity contribution in [2.24, 2.45) is 5.92 Å². The van der Waals surface area contributed by atoms with Crippen LogP contribution in [0.3, 0.4) is 0 Å². The molecule has 0 unspecified atom stereocenters. The van der Waals surface area contributed by atoms with Crippen molar-refractivity contribution in [1.29, 1.82) is 0 Å². The van der Waals surface area contributed by atoms with Gasteiger partial charge in [-0.1, -0.05) is 0 Å². The van der Waals surface area contributed by atoms with Crippen LogP contribution in [0.4, 0.5) is 5.82 Å². The Morgan fingerprint density at radius 2 is 1.94 bits per heavy atom. The van der Waals surface area contributed by atoms with Crippen LogP contribution in [0.15, 0.2) is 36.4 Å². The number of anilines is 1. The maximum absolute atomic E-state index is 12.5. The lowest BCUT2D eigenvalue weighted by Gasteiger charge is -2.33. The van der Waals surface area contributed by atoms with E-state index in [9.17, 15) is 4.79 Å². The summed E-state index contributed by atoms with van der Waals surface area (Å²) in [5, 5.41) is 7.91. The second-order valence-corrected chi connectivity index (χ2v) is 8.39. The van der Waals surface area contributed by atoms with Crippen LogP contribution < -0.4 is 15.0 Å². The van der Waals surface area contributed by atoms with Crippen molar-refractivity contribution in [3.8, 4) is 17.0 Å². The van der Waals surface area contributed by atoms with Gasteiger partial charge >= 0.3 is 0 Å². The third-order valence-corrected chi connectivity index (χ3v) is 6.08. The number of carbonyl (C=O) groups is 1. The first-order valence-corrected chi connectivity index (χ1v) is 11.7. The van der Waals surface area contributed by atoms with Crippen molar-refractivity contribution in [2.75, 3.05) is 44.9 Å². The van der Waals surface area contributed by atoms with E-state index in [1.165, 1.54) is 0 Å². The van der Waals surface area contributed by atoms with Crippen LogP contribution in [-0.4, -0.2) is 60.5 Å². The number of rotatable bonds is 9. The predicted octanol–water partition coefficient (Wildman–Crippen LogP) is 3.47. The van der Waals surface area contributed by atoms with Crippen molar-refractivity contribution in [3.63, 3.8) is 0 Å². The zero-order chi connectivity index (χ0) is 23.2. The van der Waals surface area contributed by atoms with Crippen molar-refractivity contribution in [2.45, 2.75) is 33.1 Å². The van der Waals surface area contributed by atoms with E-state index in [4.69, 9.17) is 14.6 Å². The van der Waals surface area contributed by atoms with Gasteiger partial charge in [0, 0.05) is 62.2 Å². The summed E-state index contributed by atoms with van der Waals surface area (Å²) in [6.45, 7) is 7.69. The van der Waals surface area contributed by atoms with Crippen molar-refractivity contribution >= 4 is 17.4 Å². The number of aryl methyl sites for hydroxylation is 1. The summed E-state index contributed by atoms with van der Waals surface area (Å²) in [5.74, 6) is 2.05. The maximum Gasteiger partial charge on any atom is 0.223 e. The molecule has 1 N–H and O–H groups in total. The minimum Gasteiger partial charge on any atom is -0.497 e. The number of piperidine rings is 1. The molecule has 0 atom stereocenters. The summed E-state index contributed by atoms with van der Waals surface area (Å²) < 4.78 is 12.5. The topological polar surface area (TPSA) is 81.0 Å². The molecule has 1 aromatic carbocycles. The average Bonchev–Trinajstić information content (AvgIpc) is 3.27. The number of nitrogens with one attached hydrogen (secondary N) is 1. The van der Waals surface area contributed by atoms with E-state index in [-0.39, 0.29) is 11.8 Å². The molecule has 1 aliphatic heterocycles. The molecule has 3 heterocycles. The van der Waals surface area contributed by atoms with Gasteiger partial charge in [0.1, 0.15) is 11.6 Å². The molecule has 0 radical (unpaired) electrons. The Labute approximate surface area is 194 Å².